The summed E-state index contributed by atoms with van der Waals surface area (Å²) in [4.78, 5) is 13.3. The second-order valence-corrected chi connectivity index (χ2v) is 7.47. The van der Waals surface area contributed by atoms with Crippen molar-refractivity contribution in [3.63, 3.8) is 0 Å². The maximum Gasteiger partial charge on any atom is 0.274 e. The summed E-state index contributed by atoms with van der Waals surface area (Å²) in [6.07, 6.45) is 3.81. The Hall–Kier alpha value is -3.80. The minimum absolute atomic E-state index is 0.156. The fourth-order valence-electron chi connectivity index (χ4n) is 4.41. The molecule has 148 valence electrons. The number of ether oxygens (including phenoxy) is 3. The van der Waals surface area contributed by atoms with Gasteiger partial charge in [0.05, 0.1) is 5.92 Å². The molecule has 6 rings (SSSR count). The van der Waals surface area contributed by atoms with Crippen molar-refractivity contribution in [2.45, 2.75) is 11.5 Å². The van der Waals surface area contributed by atoms with Crippen molar-refractivity contribution in [1.82, 2.24) is 0 Å². The van der Waals surface area contributed by atoms with Crippen molar-refractivity contribution in [3.8, 4) is 17.2 Å². The Balaban J connectivity index is 1.52. The van der Waals surface area contributed by atoms with Crippen LogP contribution in [0.1, 0.15) is 22.6 Å². The van der Waals surface area contributed by atoms with Crippen LogP contribution >= 0.6 is 0 Å². The minimum Gasteiger partial charge on any atom is -0.471 e. The maximum absolute atomic E-state index is 13.3. The van der Waals surface area contributed by atoms with Crippen molar-refractivity contribution in [3.05, 3.63) is 89.2 Å². The van der Waals surface area contributed by atoms with E-state index >= 15 is 0 Å². The van der Waals surface area contributed by atoms with Crippen LogP contribution in [-0.4, -0.2) is 12.7 Å². The monoisotopic (exact) mass is 401 g/mol. The molecule has 0 radical (unpaired) electrons. The standard InChI is InChI=1S/C24H16FNO4/c25-15-8-5-14(6-9-15)7-10-17-16-11-21-22(29-13-28-21)12-20(16)30-24(17)18-3-1-2-4-19(18)26-23(24)27/h1-12,17H,13H2,(H,26,27)/b10-7+/t17-,24-/m0/s1. The van der Waals surface area contributed by atoms with E-state index in [1.807, 2.05) is 42.5 Å². The SMILES string of the molecule is O=C1Nc2ccccc2[C@]12Oc1cc3c(cc1[C@@H]2/C=C/c1ccc(F)cc1)OCO3. The van der Waals surface area contributed by atoms with Crippen molar-refractivity contribution in [2.75, 3.05) is 12.1 Å². The second kappa shape index (κ2) is 6.10. The van der Waals surface area contributed by atoms with Crippen molar-refractivity contribution >= 4 is 17.7 Å². The maximum atomic E-state index is 13.3. The Kier molecular flexibility index (Phi) is 3.47. The molecule has 0 aromatic heterocycles. The van der Waals surface area contributed by atoms with Crippen LogP contribution in [0.2, 0.25) is 0 Å². The summed E-state index contributed by atoms with van der Waals surface area (Å²) in [6, 6.07) is 17.4. The summed E-state index contributed by atoms with van der Waals surface area (Å²) in [5, 5.41) is 2.95. The third-order valence-corrected chi connectivity index (χ3v) is 5.81. The fraction of sp³-hybridized carbons (Fsp3) is 0.125. The lowest BCUT2D eigenvalue weighted by Gasteiger charge is -2.27. The molecule has 0 fully saturated rings. The molecule has 3 aliphatic rings. The van der Waals surface area contributed by atoms with E-state index in [0.29, 0.717) is 17.2 Å². The molecule has 0 saturated heterocycles. The highest BCUT2D eigenvalue weighted by Gasteiger charge is 2.59. The number of hydrogen-bond donors (Lipinski definition) is 1. The Morgan fingerprint density at radius 2 is 1.77 bits per heavy atom. The number of fused-ring (bicyclic) bond motifs is 4. The van der Waals surface area contributed by atoms with Crippen LogP contribution in [0.25, 0.3) is 6.08 Å². The van der Waals surface area contributed by atoms with Gasteiger partial charge in [-0.2, -0.15) is 0 Å². The number of carbonyl (C=O) groups excluding carboxylic acids is 1. The van der Waals surface area contributed by atoms with Crippen LogP contribution < -0.4 is 19.5 Å². The Labute approximate surface area is 171 Å². The van der Waals surface area contributed by atoms with Gasteiger partial charge in [0.2, 0.25) is 12.4 Å². The molecule has 6 heteroatoms. The molecule has 30 heavy (non-hydrogen) atoms. The third-order valence-electron chi connectivity index (χ3n) is 5.81. The lowest BCUT2D eigenvalue weighted by atomic mass is 9.79. The zero-order chi connectivity index (χ0) is 20.3. The summed E-state index contributed by atoms with van der Waals surface area (Å²) in [7, 11) is 0. The number of benzene rings is 3. The zero-order valence-corrected chi connectivity index (χ0v) is 15.7. The van der Waals surface area contributed by atoms with Crippen molar-refractivity contribution < 1.29 is 23.4 Å². The van der Waals surface area contributed by atoms with Crippen LogP contribution in [0.15, 0.2) is 66.7 Å². The van der Waals surface area contributed by atoms with E-state index in [2.05, 4.69) is 5.32 Å². The fourth-order valence-corrected chi connectivity index (χ4v) is 4.41. The van der Waals surface area contributed by atoms with Gasteiger partial charge in [0.15, 0.2) is 11.5 Å². The van der Waals surface area contributed by atoms with E-state index in [1.54, 1.807) is 18.2 Å². The Bertz CT molecular complexity index is 1220. The predicted octanol–water partition coefficient (Wildman–Crippen LogP) is 4.59. The van der Waals surface area contributed by atoms with Gasteiger partial charge < -0.3 is 19.5 Å². The van der Waals surface area contributed by atoms with Gasteiger partial charge in [-0.1, -0.05) is 42.5 Å². The lowest BCUT2D eigenvalue weighted by molar-refractivity contribution is -0.130. The topological polar surface area (TPSA) is 56.8 Å². The Morgan fingerprint density at radius 3 is 2.60 bits per heavy atom. The summed E-state index contributed by atoms with van der Waals surface area (Å²) < 4.78 is 30.7. The van der Waals surface area contributed by atoms with Gasteiger partial charge in [-0.15, -0.1) is 0 Å². The number of carbonyl (C=O) groups is 1. The first-order valence-corrected chi connectivity index (χ1v) is 9.62. The average Bonchev–Trinajstić information content (AvgIpc) is 3.41. The minimum atomic E-state index is -1.23. The first kappa shape index (κ1) is 17.1. The van der Waals surface area contributed by atoms with E-state index in [4.69, 9.17) is 14.2 Å². The number of nitrogens with one attached hydrogen (secondary N) is 1. The molecule has 0 bridgehead atoms. The quantitative estimate of drug-likeness (QED) is 0.682. The van der Waals surface area contributed by atoms with E-state index in [9.17, 15) is 9.18 Å². The number of amides is 1. The number of para-hydroxylation sites is 1. The lowest BCUT2D eigenvalue weighted by Crippen LogP contribution is -2.41. The van der Waals surface area contributed by atoms with Gasteiger partial charge in [-0.05, 0) is 29.8 Å². The van der Waals surface area contributed by atoms with Crippen LogP contribution in [-0.2, 0) is 10.4 Å². The molecule has 1 amide bonds. The summed E-state index contributed by atoms with van der Waals surface area (Å²) in [5.74, 6) is 0.876. The van der Waals surface area contributed by atoms with Crippen LogP contribution in [0.4, 0.5) is 10.1 Å². The smallest absolute Gasteiger partial charge is 0.274 e. The van der Waals surface area contributed by atoms with Gasteiger partial charge in [-0.3, -0.25) is 4.79 Å². The highest BCUT2D eigenvalue weighted by atomic mass is 19.1. The molecule has 3 aromatic rings. The van der Waals surface area contributed by atoms with E-state index in [0.717, 1.165) is 22.4 Å². The van der Waals surface area contributed by atoms with Gasteiger partial charge in [0.1, 0.15) is 11.6 Å². The number of rotatable bonds is 2. The summed E-state index contributed by atoms with van der Waals surface area (Å²) in [5.41, 5.74) is 1.94. The molecule has 3 aliphatic heterocycles. The van der Waals surface area contributed by atoms with Gasteiger partial charge in [-0.25, -0.2) is 4.39 Å². The Morgan fingerprint density at radius 1 is 1.00 bits per heavy atom. The average molecular weight is 401 g/mol. The number of halogens is 1. The van der Waals surface area contributed by atoms with Crippen molar-refractivity contribution in [2.24, 2.45) is 0 Å². The van der Waals surface area contributed by atoms with E-state index < -0.39 is 11.5 Å². The summed E-state index contributed by atoms with van der Waals surface area (Å²) in [6.45, 7) is 0.156. The van der Waals surface area contributed by atoms with E-state index in [-0.39, 0.29) is 18.5 Å². The summed E-state index contributed by atoms with van der Waals surface area (Å²) >= 11 is 0. The van der Waals surface area contributed by atoms with Crippen LogP contribution in [0.3, 0.4) is 0 Å². The molecule has 1 N–H and O–H groups in total. The van der Waals surface area contributed by atoms with Crippen LogP contribution in [0.5, 0.6) is 17.2 Å². The van der Waals surface area contributed by atoms with Crippen molar-refractivity contribution in [1.29, 1.82) is 0 Å². The zero-order valence-electron chi connectivity index (χ0n) is 15.7. The normalized spacial score (nSPS) is 22.8. The highest BCUT2D eigenvalue weighted by molar-refractivity contribution is 6.07. The predicted molar refractivity (Wildman–Crippen MR) is 108 cm³/mol. The molecule has 2 atom stereocenters. The third kappa shape index (κ3) is 2.30. The molecule has 5 nitrogen and oxygen atoms in total. The molecule has 3 heterocycles. The highest BCUT2D eigenvalue weighted by Crippen LogP contribution is 2.58. The molecule has 0 unspecified atom stereocenters. The number of anilines is 1. The molecular formula is C24H16FNO4. The first-order valence-electron chi connectivity index (χ1n) is 9.62. The first-order chi connectivity index (χ1) is 14.6. The molecule has 1 spiro atoms. The number of hydrogen-bond acceptors (Lipinski definition) is 4. The molecular weight excluding hydrogens is 385 g/mol. The van der Waals surface area contributed by atoms with Gasteiger partial charge >= 0.3 is 0 Å². The molecule has 0 aliphatic carbocycles. The molecule has 3 aromatic carbocycles. The second-order valence-electron chi connectivity index (χ2n) is 7.47. The van der Waals surface area contributed by atoms with Crippen LogP contribution in [0, 0.1) is 5.82 Å². The largest absolute Gasteiger partial charge is 0.471 e. The molecule has 0 saturated carbocycles. The van der Waals surface area contributed by atoms with Gasteiger partial charge in [0.25, 0.3) is 5.91 Å². The van der Waals surface area contributed by atoms with E-state index in [1.165, 1.54) is 12.1 Å². The van der Waals surface area contributed by atoms with Gasteiger partial charge in [0, 0.05) is 22.9 Å².